The van der Waals surface area contributed by atoms with Gasteiger partial charge < -0.3 is 15.4 Å². The summed E-state index contributed by atoms with van der Waals surface area (Å²) in [5.41, 5.74) is 1.80. The van der Waals surface area contributed by atoms with Gasteiger partial charge in [-0.3, -0.25) is 4.90 Å². The molecule has 2 N–H and O–H groups in total. The summed E-state index contributed by atoms with van der Waals surface area (Å²) in [6.45, 7) is 5.08. The van der Waals surface area contributed by atoms with Crippen LogP contribution in [0.15, 0.2) is 48.7 Å². The lowest BCUT2D eigenvalue weighted by Gasteiger charge is -2.28. The second-order valence-electron chi connectivity index (χ2n) is 6.29. The number of nitrogens with one attached hydrogen (secondary N) is 2. The van der Waals surface area contributed by atoms with Crippen LogP contribution in [0.4, 0.5) is 10.5 Å². The van der Waals surface area contributed by atoms with Gasteiger partial charge in [0, 0.05) is 12.7 Å². The van der Waals surface area contributed by atoms with Gasteiger partial charge in [-0.2, -0.15) is 0 Å². The van der Waals surface area contributed by atoms with Gasteiger partial charge in [0.1, 0.15) is 5.69 Å². The number of pyridine rings is 1. The number of likely N-dealkylation sites (tertiary alicyclic amines) is 1. The van der Waals surface area contributed by atoms with Gasteiger partial charge in [-0.1, -0.05) is 30.3 Å². The molecule has 1 aromatic carbocycles. The first-order valence-corrected chi connectivity index (χ1v) is 9.19. The van der Waals surface area contributed by atoms with Crippen molar-refractivity contribution in [2.45, 2.75) is 25.8 Å². The minimum absolute atomic E-state index is 0.185. The molecule has 0 radical (unpaired) electrons. The number of aromatic nitrogens is 1. The van der Waals surface area contributed by atoms with Crippen LogP contribution in [0.1, 0.15) is 31.4 Å². The number of hydrogen-bond acceptors (Lipinski definition) is 4. The molecule has 0 spiro atoms. The number of carbonyl (C=O) groups is 1. The third-order valence-electron chi connectivity index (χ3n) is 4.52. The first kappa shape index (κ1) is 18.2. The summed E-state index contributed by atoms with van der Waals surface area (Å²) in [6, 6.07) is 13.8. The van der Waals surface area contributed by atoms with Crippen molar-refractivity contribution in [1.82, 2.24) is 15.2 Å². The van der Waals surface area contributed by atoms with Crippen LogP contribution in [0.5, 0.6) is 5.88 Å². The van der Waals surface area contributed by atoms with Crippen LogP contribution in [0.2, 0.25) is 0 Å². The Morgan fingerprint density at radius 3 is 2.69 bits per heavy atom. The molecule has 2 aromatic rings. The van der Waals surface area contributed by atoms with Gasteiger partial charge in [-0.15, -0.1) is 0 Å². The molecule has 1 aliphatic heterocycles. The molecule has 2 heterocycles. The zero-order chi connectivity index (χ0) is 18.2. The van der Waals surface area contributed by atoms with Crippen LogP contribution in [0.3, 0.4) is 0 Å². The summed E-state index contributed by atoms with van der Waals surface area (Å²) in [4.78, 5) is 19.0. The molecule has 6 nitrogen and oxygen atoms in total. The van der Waals surface area contributed by atoms with E-state index in [0.717, 1.165) is 13.1 Å². The highest BCUT2D eigenvalue weighted by Crippen LogP contribution is 2.25. The van der Waals surface area contributed by atoms with E-state index in [4.69, 9.17) is 4.74 Å². The number of nitrogens with zero attached hydrogens (tertiary/aromatic N) is 2. The molecule has 0 saturated carbocycles. The number of urea groups is 1. The average molecular weight is 354 g/mol. The fourth-order valence-corrected chi connectivity index (χ4v) is 3.28. The Bertz CT molecular complexity index is 702. The summed E-state index contributed by atoms with van der Waals surface area (Å²) >= 11 is 0. The van der Waals surface area contributed by atoms with Crippen molar-refractivity contribution < 1.29 is 9.53 Å². The Kier molecular flexibility index (Phi) is 6.44. The largest absolute Gasteiger partial charge is 0.476 e. The van der Waals surface area contributed by atoms with E-state index in [1.807, 2.05) is 25.1 Å². The maximum absolute atomic E-state index is 12.4. The molecule has 2 amide bonds. The molecule has 1 fully saturated rings. The first-order chi connectivity index (χ1) is 12.8. The summed E-state index contributed by atoms with van der Waals surface area (Å²) in [5, 5.41) is 5.84. The summed E-state index contributed by atoms with van der Waals surface area (Å²) in [6.07, 6.45) is 4.07. The molecule has 0 bridgehead atoms. The molecule has 1 saturated heterocycles. The lowest BCUT2D eigenvalue weighted by Crippen LogP contribution is -2.38. The van der Waals surface area contributed by atoms with Crippen molar-refractivity contribution in [3.05, 3.63) is 54.2 Å². The van der Waals surface area contributed by atoms with E-state index in [-0.39, 0.29) is 12.1 Å². The van der Waals surface area contributed by atoms with Gasteiger partial charge in [-0.05, 0) is 50.6 Å². The van der Waals surface area contributed by atoms with Crippen molar-refractivity contribution in [1.29, 1.82) is 0 Å². The van der Waals surface area contributed by atoms with E-state index in [9.17, 15) is 4.79 Å². The van der Waals surface area contributed by atoms with E-state index >= 15 is 0 Å². The molecule has 1 atom stereocenters. The molecular formula is C20H26N4O2. The lowest BCUT2D eigenvalue weighted by molar-refractivity contribution is 0.227. The highest BCUT2D eigenvalue weighted by atomic mass is 16.5. The number of ether oxygens (including phenoxy) is 1. The predicted octanol–water partition coefficient (Wildman–Crippen LogP) is 3.44. The molecule has 138 valence electrons. The predicted molar refractivity (Wildman–Crippen MR) is 102 cm³/mol. The van der Waals surface area contributed by atoms with E-state index in [1.54, 1.807) is 18.3 Å². The number of benzene rings is 1. The molecule has 0 aliphatic carbocycles. The van der Waals surface area contributed by atoms with Crippen LogP contribution in [0, 0.1) is 0 Å². The molecule has 26 heavy (non-hydrogen) atoms. The maximum Gasteiger partial charge on any atom is 0.319 e. The van der Waals surface area contributed by atoms with Crippen molar-refractivity contribution in [3.8, 4) is 5.88 Å². The van der Waals surface area contributed by atoms with Gasteiger partial charge in [0.15, 0.2) is 0 Å². The fraction of sp³-hybridized carbons (Fsp3) is 0.400. The number of hydrogen-bond donors (Lipinski definition) is 2. The van der Waals surface area contributed by atoms with Gasteiger partial charge in [0.2, 0.25) is 5.88 Å². The molecular weight excluding hydrogens is 328 g/mol. The highest BCUT2D eigenvalue weighted by Gasteiger charge is 2.23. The Hall–Kier alpha value is -2.60. The Morgan fingerprint density at radius 2 is 1.96 bits per heavy atom. The van der Waals surface area contributed by atoms with Crippen LogP contribution >= 0.6 is 0 Å². The standard InChI is InChI=1S/C20H26N4O2/c1-2-26-19-17(11-8-12-21-19)23-20(25)22-15-18(24-13-6-7-14-24)16-9-4-3-5-10-16/h3-5,8-12,18H,2,6-7,13-15H2,1H3,(H2,22,23,25)/t18-/m0/s1. The van der Waals surface area contributed by atoms with Crippen LogP contribution in [-0.2, 0) is 0 Å². The van der Waals surface area contributed by atoms with Crippen molar-refractivity contribution in [2.24, 2.45) is 0 Å². The molecule has 1 aliphatic rings. The minimum atomic E-state index is -0.251. The van der Waals surface area contributed by atoms with E-state index < -0.39 is 0 Å². The Morgan fingerprint density at radius 1 is 1.19 bits per heavy atom. The van der Waals surface area contributed by atoms with Crippen LogP contribution in [0.25, 0.3) is 0 Å². The van der Waals surface area contributed by atoms with Gasteiger partial charge in [0.25, 0.3) is 0 Å². The normalized spacial score (nSPS) is 15.4. The number of anilines is 1. The second kappa shape index (κ2) is 9.20. The van der Waals surface area contributed by atoms with Crippen molar-refractivity contribution in [2.75, 3.05) is 31.6 Å². The molecule has 3 rings (SSSR count). The van der Waals surface area contributed by atoms with Crippen LogP contribution in [-0.4, -0.2) is 42.2 Å². The zero-order valence-electron chi connectivity index (χ0n) is 15.1. The third kappa shape index (κ3) is 4.73. The highest BCUT2D eigenvalue weighted by molar-refractivity contribution is 5.90. The SMILES string of the molecule is CCOc1ncccc1NC(=O)NC[C@@H](c1ccccc1)N1CCCC1. The summed E-state index contributed by atoms with van der Waals surface area (Å²) in [7, 11) is 0. The lowest BCUT2D eigenvalue weighted by atomic mass is 10.1. The summed E-state index contributed by atoms with van der Waals surface area (Å²) < 4.78 is 5.45. The van der Waals surface area contributed by atoms with Crippen LogP contribution < -0.4 is 15.4 Å². The maximum atomic E-state index is 12.4. The first-order valence-electron chi connectivity index (χ1n) is 9.19. The van der Waals surface area contributed by atoms with Crippen molar-refractivity contribution in [3.63, 3.8) is 0 Å². The van der Waals surface area contributed by atoms with Crippen molar-refractivity contribution >= 4 is 11.7 Å². The monoisotopic (exact) mass is 354 g/mol. The second-order valence-corrected chi connectivity index (χ2v) is 6.29. The minimum Gasteiger partial charge on any atom is -0.476 e. The topological polar surface area (TPSA) is 66.5 Å². The molecule has 6 heteroatoms. The number of rotatable bonds is 7. The molecule has 1 aromatic heterocycles. The quantitative estimate of drug-likeness (QED) is 0.799. The fourth-order valence-electron chi connectivity index (χ4n) is 3.28. The Balaban J connectivity index is 1.63. The third-order valence-corrected chi connectivity index (χ3v) is 4.52. The molecule has 0 unspecified atom stereocenters. The summed E-state index contributed by atoms with van der Waals surface area (Å²) in [5.74, 6) is 0.435. The average Bonchev–Trinajstić information content (AvgIpc) is 3.19. The number of amides is 2. The van der Waals surface area contributed by atoms with E-state index in [0.29, 0.717) is 24.7 Å². The smallest absolute Gasteiger partial charge is 0.319 e. The Labute approximate surface area is 154 Å². The zero-order valence-corrected chi connectivity index (χ0v) is 15.1. The number of carbonyl (C=O) groups excluding carboxylic acids is 1. The van der Waals surface area contributed by atoms with E-state index in [2.05, 4.69) is 32.7 Å². The van der Waals surface area contributed by atoms with Gasteiger partial charge >= 0.3 is 6.03 Å². The van der Waals surface area contributed by atoms with Gasteiger partial charge in [-0.25, -0.2) is 9.78 Å². The van der Waals surface area contributed by atoms with E-state index in [1.165, 1.54) is 18.4 Å². The van der Waals surface area contributed by atoms with Gasteiger partial charge in [0.05, 0.1) is 12.6 Å².